The lowest BCUT2D eigenvalue weighted by atomic mass is 9.98. The summed E-state index contributed by atoms with van der Waals surface area (Å²) in [5.74, 6) is 0. The standard InChI is InChI=1S/C33H26N/c1-24-16-18-31(19-17-24)34-32(26-12-6-3-7-13-26)22-29(25-10-4-2-5-11-25)23-33(34)30-20-27-14-8-9-15-28(27)21-30/h2-20,22-23H,21H2,1H3/q+1. The van der Waals surface area contributed by atoms with Crippen molar-refractivity contribution in [3.63, 3.8) is 0 Å². The minimum atomic E-state index is 0.939. The maximum absolute atomic E-state index is 2.43. The molecule has 0 fully saturated rings. The lowest BCUT2D eigenvalue weighted by Gasteiger charge is -2.13. The van der Waals surface area contributed by atoms with E-state index in [1.807, 2.05) is 0 Å². The van der Waals surface area contributed by atoms with E-state index in [0.717, 1.165) is 6.42 Å². The van der Waals surface area contributed by atoms with Crippen LogP contribution in [0.1, 0.15) is 22.4 Å². The van der Waals surface area contributed by atoms with Crippen LogP contribution in [-0.2, 0) is 6.42 Å². The fourth-order valence-electron chi connectivity index (χ4n) is 4.87. The molecular formula is C33H26N+. The zero-order valence-electron chi connectivity index (χ0n) is 19.3. The van der Waals surface area contributed by atoms with Gasteiger partial charge in [0.05, 0.1) is 0 Å². The highest BCUT2D eigenvalue weighted by Gasteiger charge is 2.28. The highest BCUT2D eigenvalue weighted by molar-refractivity contribution is 5.88. The third-order valence-electron chi connectivity index (χ3n) is 6.63. The molecule has 5 aromatic rings. The lowest BCUT2D eigenvalue weighted by molar-refractivity contribution is -0.586. The number of nitrogens with zero attached hydrogens (tertiary/aromatic N) is 1. The van der Waals surface area contributed by atoms with Crippen LogP contribution >= 0.6 is 0 Å². The molecule has 0 bridgehead atoms. The summed E-state index contributed by atoms with van der Waals surface area (Å²) >= 11 is 0. The summed E-state index contributed by atoms with van der Waals surface area (Å²) in [5, 5.41) is 0. The van der Waals surface area contributed by atoms with Crippen molar-refractivity contribution >= 4 is 11.6 Å². The van der Waals surface area contributed by atoms with Gasteiger partial charge >= 0.3 is 0 Å². The first-order valence-electron chi connectivity index (χ1n) is 11.8. The van der Waals surface area contributed by atoms with E-state index in [-0.39, 0.29) is 0 Å². The molecule has 0 atom stereocenters. The summed E-state index contributed by atoms with van der Waals surface area (Å²) in [4.78, 5) is 0. The van der Waals surface area contributed by atoms with E-state index in [1.165, 1.54) is 56.0 Å². The Kier molecular flexibility index (Phi) is 5.16. The van der Waals surface area contributed by atoms with Crippen LogP contribution in [0.2, 0.25) is 0 Å². The van der Waals surface area contributed by atoms with Crippen LogP contribution in [0.4, 0.5) is 0 Å². The molecule has 0 saturated carbocycles. The third-order valence-corrected chi connectivity index (χ3v) is 6.63. The molecule has 0 saturated heterocycles. The molecule has 1 aliphatic rings. The molecule has 0 unspecified atom stereocenters. The molecule has 1 heterocycles. The van der Waals surface area contributed by atoms with Crippen molar-refractivity contribution in [2.24, 2.45) is 0 Å². The maximum atomic E-state index is 2.43. The van der Waals surface area contributed by atoms with Crippen molar-refractivity contribution < 1.29 is 4.57 Å². The third kappa shape index (κ3) is 3.76. The van der Waals surface area contributed by atoms with Gasteiger partial charge in [0.1, 0.15) is 0 Å². The number of aromatic nitrogens is 1. The Morgan fingerprint density at radius 2 is 1.18 bits per heavy atom. The van der Waals surface area contributed by atoms with E-state index in [9.17, 15) is 0 Å². The molecule has 34 heavy (non-hydrogen) atoms. The number of hydrogen-bond acceptors (Lipinski definition) is 0. The number of allylic oxidation sites excluding steroid dienone is 1. The van der Waals surface area contributed by atoms with Gasteiger partial charge in [0.15, 0.2) is 0 Å². The topological polar surface area (TPSA) is 3.88 Å². The van der Waals surface area contributed by atoms with Crippen molar-refractivity contribution in [2.45, 2.75) is 13.3 Å². The molecule has 1 nitrogen and oxygen atoms in total. The van der Waals surface area contributed by atoms with Gasteiger partial charge < -0.3 is 0 Å². The fraction of sp³-hybridized carbons (Fsp3) is 0.0606. The van der Waals surface area contributed by atoms with Crippen molar-refractivity contribution in [1.82, 2.24) is 0 Å². The van der Waals surface area contributed by atoms with Gasteiger partial charge in [-0.2, -0.15) is 4.57 Å². The van der Waals surface area contributed by atoms with Gasteiger partial charge in [-0.15, -0.1) is 0 Å². The number of pyridine rings is 1. The summed E-state index contributed by atoms with van der Waals surface area (Å²) in [6, 6.07) is 43.7. The summed E-state index contributed by atoms with van der Waals surface area (Å²) < 4.78 is 2.43. The molecule has 1 aromatic heterocycles. The van der Waals surface area contributed by atoms with Crippen molar-refractivity contribution in [1.29, 1.82) is 0 Å². The molecule has 1 heteroatoms. The minimum Gasteiger partial charge on any atom is -0.153 e. The summed E-state index contributed by atoms with van der Waals surface area (Å²) in [5.41, 5.74) is 12.6. The molecule has 0 radical (unpaired) electrons. The normalized spacial score (nSPS) is 12.3. The molecule has 6 rings (SSSR count). The van der Waals surface area contributed by atoms with Gasteiger partial charge in [0.2, 0.25) is 17.1 Å². The van der Waals surface area contributed by atoms with Crippen LogP contribution in [0.15, 0.2) is 121 Å². The number of rotatable bonds is 4. The SMILES string of the molecule is Cc1ccc(-[n+]2c(C3=Cc4ccccc4C3)cc(-c3ccccc3)cc2-c2ccccc2)cc1. The summed E-state index contributed by atoms with van der Waals surface area (Å²) in [6.45, 7) is 2.14. The molecular weight excluding hydrogens is 410 g/mol. The summed E-state index contributed by atoms with van der Waals surface area (Å²) in [7, 11) is 0. The second-order valence-electron chi connectivity index (χ2n) is 8.96. The van der Waals surface area contributed by atoms with E-state index in [2.05, 4.69) is 139 Å². The van der Waals surface area contributed by atoms with E-state index < -0.39 is 0 Å². The van der Waals surface area contributed by atoms with Crippen molar-refractivity contribution in [3.8, 4) is 28.1 Å². The number of aryl methyl sites for hydroxylation is 1. The first kappa shape index (κ1) is 20.4. The lowest BCUT2D eigenvalue weighted by Crippen LogP contribution is -2.38. The van der Waals surface area contributed by atoms with Crippen LogP contribution in [0.25, 0.3) is 39.7 Å². The van der Waals surface area contributed by atoms with Gasteiger partial charge in [-0.1, -0.05) is 90.5 Å². The highest BCUT2D eigenvalue weighted by atomic mass is 15.0. The molecule has 0 N–H and O–H groups in total. The monoisotopic (exact) mass is 436 g/mol. The molecule has 1 aliphatic carbocycles. The Morgan fingerprint density at radius 3 is 1.88 bits per heavy atom. The Hall–Kier alpha value is -4.23. The number of hydrogen-bond donors (Lipinski definition) is 0. The van der Waals surface area contributed by atoms with Gasteiger partial charge in [-0.05, 0) is 47.4 Å². The average Bonchev–Trinajstić information content (AvgIpc) is 3.34. The largest absolute Gasteiger partial charge is 0.219 e. The maximum Gasteiger partial charge on any atom is 0.219 e. The van der Waals surface area contributed by atoms with Crippen LogP contribution in [0, 0.1) is 6.92 Å². The smallest absolute Gasteiger partial charge is 0.153 e. The molecule has 4 aromatic carbocycles. The van der Waals surface area contributed by atoms with Gasteiger partial charge in [0, 0.05) is 41.8 Å². The molecule has 0 spiro atoms. The Labute approximate surface area is 201 Å². The van der Waals surface area contributed by atoms with Gasteiger partial charge in [-0.25, -0.2) is 0 Å². The van der Waals surface area contributed by atoms with E-state index in [0.29, 0.717) is 0 Å². The second kappa shape index (κ2) is 8.61. The van der Waals surface area contributed by atoms with Gasteiger partial charge in [-0.3, -0.25) is 0 Å². The van der Waals surface area contributed by atoms with Crippen LogP contribution in [0.5, 0.6) is 0 Å². The quantitative estimate of drug-likeness (QED) is 0.254. The zero-order chi connectivity index (χ0) is 22.9. The van der Waals surface area contributed by atoms with E-state index in [4.69, 9.17) is 0 Å². The minimum absolute atomic E-state index is 0.939. The first-order chi connectivity index (χ1) is 16.8. The zero-order valence-corrected chi connectivity index (χ0v) is 19.3. The fourth-order valence-corrected chi connectivity index (χ4v) is 4.87. The Morgan fingerprint density at radius 1 is 0.559 bits per heavy atom. The van der Waals surface area contributed by atoms with Crippen LogP contribution < -0.4 is 4.57 Å². The van der Waals surface area contributed by atoms with Crippen LogP contribution in [-0.4, -0.2) is 0 Å². The van der Waals surface area contributed by atoms with Crippen molar-refractivity contribution in [2.75, 3.05) is 0 Å². The summed E-state index contributed by atoms with van der Waals surface area (Å²) in [6.07, 6.45) is 3.30. The molecule has 0 amide bonds. The average molecular weight is 437 g/mol. The predicted molar refractivity (Wildman–Crippen MR) is 142 cm³/mol. The number of fused-ring (bicyclic) bond motifs is 1. The highest BCUT2D eigenvalue weighted by Crippen LogP contribution is 2.34. The second-order valence-corrected chi connectivity index (χ2v) is 8.96. The molecule has 162 valence electrons. The molecule has 0 aliphatic heterocycles. The first-order valence-corrected chi connectivity index (χ1v) is 11.8. The Bertz CT molecular complexity index is 1490. The van der Waals surface area contributed by atoms with E-state index in [1.54, 1.807) is 0 Å². The number of benzene rings is 4. The predicted octanol–water partition coefficient (Wildman–Crippen LogP) is 7.70. The van der Waals surface area contributed by atoms with Gasteiger partial charge in [0.25, 0.3) is 0 Å². The van der Waals surface area contributed by atoms with Crippen LogP contribution in [0.3, 0.4) is 0 Å². The van der Waals surface area contributed by atoms with E-state index >= 15 is 0 Å². The van der Waals surface area contributed by atoms with Crippen molar-refractivity contribution in [3.05, 3.63) is 144 Å². The Balaban J connectivity index is 1.66.